The Balaban J connectivity index is 2.61. The first-order chi connectivity index (χ1) is 6.16. The maximum atomic E-state index is 11.4. The molecule has 0 N–H and O–H groups in total. The van der Waals surface area contributed by atoms with E-state index in [1.54, 1.807) is 0 Å². The van der Waals surface area contributed by atoms with Gasteiger partial charge in [-0.3, -0.25) is 4.79 Å². The van der Waals surface area contributed by atoms with Gasteiger partial charge in [-0.05, 0) is 18.8 Å². The smallest absolute Gasteiger partial charge is 0.311 e. The summed E-state index contributed by atoms with van der Waals surface area (Å²) >= 11 is 0. The summed E-state index contributed by atoms with van der Waals surface area (Å²) in [5.74, 6) is 0.196. The lowest BCUT2D eigenvalue weighted by atomic mass is 9.87. The molecule has 3 heteroatoms. The highest BCUT2D eigenvalue weighted by Crippen LogP contribution is 2.26. The van der Waals surface area contributed by atoms with Crippen molar-refractivity contribution in [2.75, 3.05) is 13.7 Å². The molecule has 2 atom stereocenters. The Hall–Kier alpha value is -0.570. The van der Waals surface area contributed by atoms with Crippen LogP contribution in [-0.2, 0) is 14.3 Å². The monoisotopic (exact) mass is 186 g/mol. The van der Waals surface area contributed by atoms with E-state index in [4.69, 9.17) is 9.47 Å². The van der Waals surface area contributed by atoms with Crippen LogP contribution in [0.15, 0.2) is 0 Å². The number of esters is 1. The standard InChI is InChI=1S/C10H18O3/c1-7(2)9-8(10(11)12-3)5-4-6-13-9/h7-9H,4-6H2,1-3H3. The van der Waals surface area contributed by atoms with Gasteiger partial charge in [-0.1, -0.05) is 13.8 Å². The molecule has 0 amide bonds. The summed E-state index contributed by atoms with van der Waals surface area (Å²) in [6.45, 7) is 4.92. The van der Waals surface area contributed by atoms with Crippen molar-refractivity contribution in [3.63, 3.8) is 0 Å². The van der Waals surface area contributed by atoms with E-state index in [9.17, 15) is 4.79 Å². The zero-order chi connectivity index (χ0) is 9.84. The zero-order valence-electron chi connectivity index (χ0n) is 8.58. The number of methoxy groups -OCH3 is 1. The molecule has 0 spiro atoms. The lowest BCUT2D eigenvalue weighted by molar-refractivity contribution is -0.157. The van der Waals surface area contributed by atoms with Crippen molar-refractivity contribution >= 4 is 5.97 Å². The number of carbonyl (C=O) groups is 1. The van der Waals surface area contributed by atoms with Gasteiger partial charge in [0.05, 0.1) is 19.1 Å². The summed E-state index contributed by atoms with van der Waals surface area (Å²) < 4.78 is 10.3. The first-order valence-corrected chi connectivity index (χ1v) is 4.86. The number of rotatable bonds is 2. The molecule has 3 nitrogen and oxygen atoms in total. The summed E-state index contributed by atoms with van der Waals surface area (Å²) in [6.07, 6.45) is 1.90. The summed E-state index contributed by atoms with van der Waals surface area (Å²) in [4.78, 5) is 11.4. The predicted molar refractivity (Wildman–Crippen MR) is 49.3 cm³/mol. The van der Waals surface area contributed by atoms with Crippen molar-refractivity contribution in [2.45, 2.75) is 32.8 Å². The van der Waals surface area contributed by atoms with E-state index in [1.807, 2.05) is 0 Å². The highest BCUT2D eigenvalue weighted by molar-refractivity contribution is 5.73. The molecule has 1 aliphatic heterocycles. The second-order valence-corrected chi connectivity index (χ2v) is 3.85. The molecule has 1 fully saturated rings. The molecule has 1 aliphatic rings. The van der Waals surface area contributed by atoms with Crippen LogP contribution < -0.4 is 0 Å². The van der Waals surface area contributed by atoms with Gasteiger partial charge in [-0.15, -0.1) is 0 Å². The van der Waals surface area contributed by atoms with Gasteiger partial charge < -0.3 is 9.47 Å². The molecule has 0 saturated carbocycles. The normalized spacial score (nSPS) is 28.9. The largest absolute Gasteiger partial charge is 0.469 e. The van der Waals surface area contributed by atoms with Gasteiger partial charge in [0.2, 0.25) is 0 Å². The highest BCUT2D eigenvalue weighted by Gasteiger charge is 2.34. The van der Waals surface area contributed by atoms with Crippen molar-refractivity contribution in [1.29, 1.82) is 0 Å². The second kappa shape index (κ2) is 4.61. The lowest BCUT2D eigenvalue weighted by Gasteiger charge is -2.32. The molecule has 13 heavy (non-hydrogen) atoms. The number of hydrogen-bond acceptors (Lipinski definition) is 3. The second-order valence-electron chi connectivity index (χ2n) is 3.85. The maximum Gasteiger partial charge on any atom is 0.311 e. The van der Waals surface area contributed by atoms with Crippen LogP contribution in [0, 0.1) is 11.8 Å². The Labute approximate surface area is 79.4 Å². The van der Waals surface area contributed by atoms with Crippen molar-refractivity contribution in [3.8, 4) is 0 Å². The molecule has 0 aromatic rings. The Kier molecular flexibility index (Phi) is 3.72. The van der Waals surface area contributed by atoms with Crippen LogP contribution in [0.5, 0.6) is 0 Å². The van der Waals surface area contributed by atoms with E-state index in [0.717, 1.165) is 19.4 Å². The predicted octanol–water partition coefficient (Wildman–Crippen LogP) is 1.61. The van der Waals surface area contributed by atoms with Gasteiger partial charge in [-0.25, -0.2) is 0 Å². The van der Waals surface area contributed by atoms with Crippen LogP contribution in [0.3, 0.4) is 0 Å². The minimum Gasteiger partial charge on any atom is -0.469 e. The van der Waals surface area contributed by atoms with Crippen molar-refractivity contribution in [2.24, 2.45) is 11.8 Å². The Morgan fingerprint density at radius 2 is 2.23 bits per heavy atom. The molecule has 0 aliphatic carbocycles. The van der Waals surface area contributed by atoms with Crippen LogP contribution in [0.25, 0.3) is 0 Å². The fourth-order valence-corrected chi connectivity index (χ4v) is 1.86. The van der Waals surface area contributed by atoms with E-state index < -0.39 is 0 Å². The van der Waals surface area contributed by atoms with Crippen LogP contribution in [0.1, 0.15) is 26.7 Å². The van der Waals surface area contributed by atoms with Crippen molar-refractivity contribution < 1.29 is 14.3 Å². The molecular weight excluding hydrogens is 168 g/mol. The third-order valence-electron chi connectivity index (χ3n) is 2.53. The van der Waals surface area contributed by atoms with Crippen molar-refractivity contribution in [3.05, 3.63) is 0 Å². The topological polar surface area (TPSA) is 35.5 Å². The average molecular weight is 186 g/mol. The molecule has 0 radical (unpaired) electrons. The highest BCUT2D eigenvalue weighted by atomic mass is 16.5. The molecule has 1 saturated heterocycles. The van der Waals surface area contributed by atoms with E-state index in [0.29, 0.717) is 5.92 Å². The van der Waals surface area contributed by atoms with Gasteiger partial charge >= 0.3 is 5.97 Å². The van der Waals surface area contributed by atoms with Gasteiger partial charge in [0.25, 0.3) is 0 Å². The zero-order valence-corrected chi connectivity index (χ0v) is 8.58. The Bertz CT molecular complexity index is 177. The van der Waals surface area contributed by atoms with E-state index in [-0.39, 0.29) is 18.0 Å². The molecule has 1 rings (SSSR count). The minimum atomic E-state index is -0.126. The third-order valence-corrected chi connectivity index (χ3v) is 2.53. The average Bonchev–Trinajstić information content (AvgIpc) is 2.16. The first-order valence-electron chi connectivity index (χ1n) is 4.86. The Morgan fingerprint density at radius 1 is 1.54 bits per heavy atom. The molecule has 2 unspecified atom stereocenters. The van der Waals surface area contributed by atoms with Crippen LogP contribution in [-0.4, -0.2) is 25.8 Å². The molecular formula is C10H18O3. The third kappa shape index (κ3) is 2.44. The summed E-state index contributed by atoms with van der Waals surface area (Å²) in [5, 5.41) is 0. The SMILES string of the molecule is COC(=O)C1CCCOC1C(C)C. The molecule has 1 heterocycles. The fraction of sp³-hybridized carbons (Fsp3) is 0.900. The van der Waals surface area contributed by atoms with Gasteiger partial charge in [0.15, 0.2) is 0 Å². The molecule has 76 valence electrons. The summed E-state index contributed by atoms with van der Waals surface area (Å²) in [7, 11) is 1.44. The lowest BCUT2D eigenvalue weighted by Crippen LogP contribution is -2.39. The van der Waals surface area contributed by atoms with Gasteiger partial charge in [-0.2, -0.15) is 0 Å². The number of carbonyl (C=O) groups excluding carboxylic acids is 1. The summed E-state index contributed by atoms with van der Waals surface area (Å²) in [5.41, 5.74) is 0. The van der Waals surface area contributed by atoms with Gasteiger partial charge in [0, 0.05) is 6.61 Å². The van der Waals surface area contributed by atoms with Crippen LogP contribution in [0.4, 0.5) is 0 Å². The van der Waals surface area contributed by atoms with Crippen LogP contribution >= 0.6 is 0 Å². The van der Waals surface area contributed by atoms with E-state index in [1.165, 1.54) is 7.11 Å². The molecule has 0 bridgehead atoms. The van der Waals surface area contributed by atoms with E-state index in [2.05, 4.69) is 13.8 Å². The minimum absolute atomic E-state index is 0.0428. The fourth-order valence-electron chi connectivity index (χ4n) is 1.86. The first kappa shape index (κ1) is 10.5. The van der Waals surface area contributed by atoms with Crippen molar-refractivity contribution in [1.82, 2.24) is 0 Å². The maximum absolute atomic E-state index is 11.4. The number of hydrogen-bond donors (Lipinski definition) is 0. The molecule has 0 aromatic heterocycles. The Morgan fingerprint density at radius 3 is 2.77 bits per heavy atom. The van der Waals surface area contributed by atoms with Crippen LogP contribution in [0.2, 0.25) is 0 Å². The van der Waals surface area contributed by atoms with Gasteiger partial charge in [0.1, 0.15) is 0 Å². The molecule has 0 aromatic carbocycles. The quantitative estimate of drug-likeness (QED) is 0.615. The number of ether oxygens (including phenoxy) is 2. The van der Waals surface area contributed by atoms with E-state index >= 15 is 0 Å². The summed E-state index contributed by atoms with van der Waals surface area (Å²) in [6, 6.07) is 0.